The van der Waals surface area contributed by atoms with Crippen LogP contribution in [0.4, 0.5) is 5.69 Å². The second-order valence-electron chi connectivity index (χ2n) is 5.36. The first-order valence-electron chi connectivity index (χ1n) is 7.89. The Balaban J connectivity index is 1.95. The van der Waals surface area contributed by atoms with E-state index in [1.165, 1.54) is 18.2 Å². The van der Waals surface area contributed by atoms with E-state index in [1.54, 1.807) is 0 Å². The van der Waals surface area contributed by atoms with Crippen molar-refractivity contribution >= 4 is 15.7 Å². The van der Waals surface area contributed by atoms with Gasteiger partial charge in [-0.1, -0.05) is 37.6 Å². The fraction of sp³-hybridized carbons (Fsp3) is 0.294. The number of hydrogen-bond donors (Lipinski definition) is 1. The molecule has 2 aromatic rings. The highest BCUT2D eigenvalue weighted by molar-refractivity contribution is 7.89. The summed E-state index contributed by atoms with van der Waals surface area (Å²) in [6.45, 7) is 2.30. The van der Waals surface area contributed by atoms with E-state index in [9.17, 15) is 18.5 Å². The van der Waals surface area contributed by atoms with Crippen LogP contribution in [-0.2, 0) is 16.4 Å². The van der Waals surface area contributed by atoms with Crippen molar-refractivity contribution in [2.75, 3.05) is 13.2 Å². The van der Waals surface area contributed by atoms with E-state index in [0.29, 0.717) is 0 Å². The summed E-state index contributed by atoms with van der Waals surface area (Å²) in [6.07, 6.45) is 1.87. The lowest BCUT2D eigenvalue weighted by Gasteiger charge is -2.11. The quantitative estimate of drug-likeness (QED) is 0.419. The van der Waals surface area contributed by atoms with Gasteiger partial charge in [-0.05, 0) is 24.1 Å². The number of nitro groups is 1. The van der Waals surface area contributed by atoms with E-state index in [1.807, 2.05) is 24.3 Å². The Kier molecular flexibility index (Phi) is 6.49. The van der Waals surface area contributed by atoms with Crippen molar-refractivity contribution in [2.24, 2.45) is 0 Å². The average Bonchev–Trinajstić information content (AvgIpc) is 2.60. The fourth-order valence-corrected chi connectivity index (χ4v) is 3.36. The van der Waals surface area contributed by atoms with Crippen molar-refractivity contribution in [2.45, 2.75) is 24.7 Å². The van der Waals surface area contributed by atoms with Crippen molar-refractivity contribution in [1.82, 2.24) is 4.72 Å². The number of benzene rings is 2. The molecule has 7 nitrogen and oxygen atoms in total. The van der Waals surface area contributed by atoms with E-state index in [-0.39, 0.29) is 23.7 Å². The van der Waals surface area contributed by atoms with Crippen LogP contribution in [0, 0.1) is 10.1 Å². The first kappa shape index (κ1) is 18.9. The van der Waals surface area contributed by atoms with Gasteiger partial charge in [-0.2, -0.15) is 0 Å². The van der Waals surface area contributed by atoms with E-state index in [2.05, 4.69) is 11.6 Å². The summed E-state index contributed by atoms with van der Waals surface area (Å²) in [6, 6.07) is 12.5. The van der Waals surface area contributed by atoms with Gasteiger partial charge in [0.25, 0.3) is 5.69 Å². The molecule has 0 heterocycles. The topological polar surface area (TPSA) is 98.5 Å². The van der Waals surface area contributed by atoms with Crippen LogP contribution < -0.4 is 9.46 Å². The molecule has 0 saturated carbocycles. The molecule has 2 rings (SSSR count). The summed E-state index contributed by atoms with van der Waals surface area (Å²) in [5.74, 6) is 0.735. The van der Waals surface area contributed by atoms with E-state index in [4.69, 9.17) is 4.74 Å². The lowest BCUT2D eigenvalue weighted by Crippen LogP contribution is -2.28. The molecule has 8 heteroatoms. The summed E-state index contributed by atoms with van der Waals surface area (Å²) in [5, 5.41) is 10.8. The molecule has 0 unspecified atom stereocenters. The molecule has 2 aromatic carbocycles. The number of rotatable bonds is 9. The lowest BCUT2D eigenvalue weighted by atomic mass is 10.1. The standard InChI is InChI=1S/C17H20N2O5S/c1-2-6-14-7-3-4-10-17(14)24-12-11-18-25(22,23)16-9-5-8-15(13-16)19(20)21/h3-5,7-10,13,18H,2,6,11-12H2,1H3. The zero-order chi connectivity index (χ0) is 18.3. The molecule has 0 aliphatic rings. The van der Waals surface area contributed by atoms with Gasteiger partial charge in [-0.25, -0.2) is 13.1 Å². The number of ether oxygens (including phenoxy) is 1. The molecular weight excluding hydrogens is 344 g/mol. The summed E-state index contributed by atoms with van der Waals surface area (Å²) in [7, 11) is -3.83. The Bertz CT molecular complexity index is 836. The van der Waals surface area contributed by atoms with Gasteiger partial charge in [0.15, 0.2) is 0 Å². The van der Waals surface area contributed by atoms with Crippen molar-refractivity contribution in [1.29, 1.82) is 0 Å². The Morgan fingerprint density at radius 1 is 1.16 bits per heavy atom. The van der Waals surface area contributed by atoms with Crippen LogP contribution in [0.2, 0.25) is 0 Å². The van der Waals surface area contributed by atoms with Crippen LogP contribution >= 0.6 is 0 Å². The Morgan fingerprint density at radius 2 is 1.92 bits per heavy atom. The van der Waals surface area contributed by atoms with Crippen molar-refractivity contribution in [3.05, 3.63) is 64.2 Å². The average molecular weight is 364 g/mol. The summed E-state index contributed by atoms with van der Waals surface area (Å²) >= 11 is 0. The largest absolute Gasteiger partial charge is 0.492 e. The van der Waals surface area contributed by atoms with Gasteiger partial charge in [0.05, 0.1) is 9.82 Å². The van der Waals surface area contributed by atoms with Gasteiger partial charge in [-0.3, -0.25) is 10.1 Å². The molecule has 0 spiro atoms. The van der Waals surface area contributed by atoms with Crippen molar-refractivity contribution < 1.29 is 18.1 Å². The minimum Gasteiger partial charge on any atom is -0.492 e. The molecule has 0 atom stereocenters. The molecule has 0 aliphatic heterocycles. The zero-order valence-corrected chi connectivity index (χ0v) is 14.7. The molecule has 0 aliphatic carbocycles. The maximum Gasteiger partial charge on any atom is 0.270 e. The monoisotopic (exact) mass is 364 g/mol. The van der Waals surface area contributed by atoms with E-state index >= 15 is 0 Å². The molecule has 0 saturated heterocycles. The summed E-state index contributed by atoms with van der Waals surface area (Å²) in [5.41, 5.74) is 0.805. The predicted octanol–water partition coefficient (Wildman–Crippen LogP) is 2.90. The number of nitro benzene ring substituents is 1. The Morgan fingerprint density at radius 3 is 2.64 bits per heavy atom. The fourth-order valence-electron chi connectivity index (χ4n) is 2.31. The van der Waals surface area contributed by atoms with Gasteiger partial charge in [0.1, 0.15) is 12.4 Å². The van der Waals surface area contributed by atoms with Gasteiger partial charge in [0, 0.05) is 18.7 Å². The number of sulfonamides is 1. The number of aryl methyl sites for hydroxylation is 1. The molecule has 1 N–H and O–H groups in total. The molecular formula is C17H20N2O5S. The van der Waals surface area contributed by atoms with Crippen LogP contribution in [0.15, 0.2) is 53.4 Å². The molecule has 0 fully saturated rings. The van der Waals surface area contributed by atoms with Crippen molar-refractivity contribution in [3.8, 4) is 5.75 Å². The van der Waals surface area contributed by atoms with Gasteiger partial charge < -0.3 is 4.74 Å². The molecule has 134 valence electrons. The zero-order valence-electron chi connectivity index (χ0n) is 13.8. The number of hydrogen-bond acceptors (Lipinski definition) is 5. The summed E-state index contributed by atoms with van der Waals surface area (Å²) < 4.78 is 32.4. The molecule has 0 amide bonds. The molecule has 0 radical (unpaired) electrons. The lowest BCUT2D eigenvalue weighted by molar-refractivity contribution is -0.385. The van der Waals surface area contributed by atoms with Crippen LogP contribution in [0.1, 0.15) is 18.9 Å². The minimum absolute atomic E-state index is 0.0610. The Hall–Kier alpha value is -2.45. The SMILES string of the molecule is CCCc1ccccc1OCCNS(=O)(=O)c1cccc([N+](=O)[O-])c1. The summed E-state index contributed by atoms with van der Waals surface area (Å²) in [4.78, 5) is 9.98. The number of nitrogens with zero attached hydrogens (tertiary/aromatic N) is 1. The highest BCUT2D eigenvalue weighted by Crippen LogP contribution is 2.19. The van der Waals surface area contributed by atoms with E-state index in [0.717, 1.165) is 30.2 Å². The maximum absolute atomic E-state index is 12.2. The first-order chi connectivity index (χ1) is 11.9. The number of para-hydroxylation sites is 1. The maximum atomic E-state index is 12.2. The second kappa shape index (κ2) is 8.59. The van der Waals surface area contributed by atoms with Crippen LogP contribution in [0.25, 0.3) is 0 Å². The van der Waals surface area contributed by atoms with E-state index < -0.39 is 14.9 Å². The first-order valence-corrected chi connectivity index (χ1v) is 9.37. The predicted molar refractivity (Wildman–Crippen MR) is 94.2 cm³/mol. The molecule has 0 aromatic heterocycles. The number of nitrogens with one attached hydrogen (secondary N) is 1. The van der Waals surface area contributed by atoms with Crippen LogP contribution in [0.5, 0.6) is 5.75 Å². The van der Waals surface area contributed by atoms with Crippen LogP contribution in [0.3, 0.4) is 0 Å². The minimum atomic E-state index is -3.83. The third-order valence-corrected chi connectivity index (χ3v) is 4.94. The van der Waals surface area contributed by atoms with Gasteiger partial charge >= 0.3 is 0 Å². The van der Waals surface area contributed by atoms with Gasteiger partial charge in [0.2, 0.25) is 10.0 Å². The molecule has 0 bridgehead atoms. The third-order valence-electron chi connectivity index (χ3n) is 3.48. The highest BCUT2D eigenvalue weighted by atomic mass is 32.2. The molecule has 25 heavy (non-hydrogen) atoms. The number of non-ortho nitro benzene ring substituents is 1. The highest BCUT2D eigenvalue weighted by Gasteiger charge is 2.17. The van der Waals surface area contributed by atoms with Crippen molar-refractivity contribution in [3.63, 3.8) is 0 Å². The smallest absolute Gasteiger partial charge is 0.270 e. The third kappa shape index (κ3) is 5.27. The van der Waals surface area contributed by atoms with Gasteiger partial charge in [-0.15, -0.1) is 0 Å². The van der Waals surface area contributed by atoms with Crippen LogP contribution in [-0.4, -0.2) is 26.5 Å². The Labute approximate surface area is 146 Å². The normalized spacial score (nSPS) is 11.2. The second-order valence-corrected chi connectivity index (χ2v) is 7.13.